The Hall–Kier alpha value is -2.35. The lowest BCUT2D eigenvalue weighted by Gasteiger charge is -2.11. The molecule has 0 aliphatic heterocycles. The van der Waals surface area contributed by atoms with Gasteiger partial charge in [-0.3, -0.25) is 4.79 Å². The van der Waals surface area contributed by atoms with Gasteiger partial charge in [0.15, 0.2) is 6.29 Å². The van der Waals surface area contributed by atoms with Crippen LogP contribution in [0.4, 0.5) is 0 Å². The van der Waals surface area contributed by atoms with Gasteiger partial charge in [0, 0.05) is 5.56 Å². The van der Waals surface area contributed by atoms with Gasteiger partial charge in [0.2, 0.25) is 0 Å². The van der Waals surface area contributed by atoms with Gasteiger partial charge < -0.3 is 4.74 Å². The van der Waals surface area contributed by atoms with Crippen LogP contribution in [0.2, 0.25) is 0 Å². The summed E-state index contributed by atoms with van der Waals surface area (Å²) in [6, 6.07) is 17.0. The van der Waals surface area contributed by atoms with Crippen molar-refractivity contribution in [1.29, 1.82) is 0 Å². The highest BCUT2D eigenvalue weighted by Gasteiger charge is 2.06. The van der Waals surface area contributed by atoms with Crippen LogP contribution in [0.5, 0.6) is 5.75 Å². The molecule has 0 unspecified atom stereocenters. The molecule has 90 valence electrons. The lowest BCUT2D eigenvalue weighted by molar-refractivity contribution is 0.112. The summed E-state index contributed by atoms with van der Waals surface area (Å²) in [4.78, 5) is 10.9. The van der Waals surface area contributed by atoms with Crippen LogP contribution in [0.25, 0.3) is 5.76 Å². The highest BCUT2D eigenvalue weighted by atomic mass is 16.5. The van der Waals surface area contributed by atoms with E-state index < -0.39 is 0 Å². The number of benzene rings is 2. The Morgan fingerprint density at radius 2 is 1.67 bits per heavy atom. The average Bonchev–Trinajstić information content (AvgIpc) is 2.46. The third-order valence-electron chi connectivity index (χ3n) is 2.59. The summed E-state index contributed by atoms with van der Waals surface area (Å²) in [7, 11) is 0. The highest BCUT2D eigenvalue weighted by molar-refractivity contribution is 5.80. The van der Waals surface area contributed by atoms with Gasteiger partial charge in [-0.05, 0) is 25.1 Å². The number of allylic oxidation sites excluding steroid dienone is 1. The Kier molecular flexibility index (Phi) is 3.92. The highest BCUT2D eigenvalue weighted by Crippen LogP contribution is 2.23. The van der Waals surface area contributed by atoms with Crippen molar-refractivity contribution in [3.8, 4) is 5.75 Å². The zero-order valence-electron chi connectivity index (χ0n) is 10.2. The Balaban J connectivity index is 2.30. The maximum absolute atomic E-state index is 10.9. The van der Waals surface area contributed by atoms with Crippen molar-refractivity contribution >= 4 is 12.0 Å². The van der Waals surface area contributed by atoms with E-state index in [4.69, 9.17) is 4.74 Å². The first-order valence-corrected chi connectivity index (χ1v) is 5.79. The van der Waals surface area contributed by atoms with E-state index in [1.165, 1.54) is 0 Å². The second-order valence-corrected chi connectivity index (χ2v) is 3.78. The van der Waals surface area contributed by atoms with Gasteiger partial charge in [-0.2, -0.15) is 0 Å². The summed E-state index contributed by atoms with van der Waals surface area (Å²) < 4.78 is 5.80. The lowest BCUT2D eigenvalue weighted by Crippen LogP contribution is -1.97. The Morgan fingerprint density at radius 3 is 2.33 bits per heavy atom. The molecule has 2 aromatic carbocycles. The molecule has 2 aromatic rings. The summed E-state index contributed by atoms with van der Waals surface area (Å²) >= 11 is 0. The van der Waals surface area contributed by atoms with E-state index in [0.29, 0.717) is 11.3 Å². The summed E-state index contributed by atoms with van der Waals surface area (Å²) in [5.74, 6) is 1.31. The minimum Gasteiger partial charge on any atom is -0.456 e. The first kappa shape index (κ1) is 12.1. The van der Waals surface area contributed by atoms with Gasteiger partial charge >= 0.3 is 0 Å². The van der Waals surface area contributed by atoms with Gasteiger partial charge in [-0.25, -0.2) is 0 Å². The third-order valence-corrected chi connectivity index (χ3v) is 2.59. The Labute approximate surface area is 107 Å². The summed E-state index contributed by atoms with van der Waals surface area (Å²) in [6.45, 7) is 1.91. The van der Waals surface area contributed by atoms with E-state index >= 15 is 0 Å². The zero-order valence-corrected chi connectivity index (χ0v) is 10.2. The van der Waals surface area contributed by atoms with Crippen molar-refractivity contribution in [3.63, 3.8) is 0 Å². The van der Waals surface area contributed by atoms with Crippen LogP contribution in [-0.2, 0) is 0 Å². The number of carbonyl (C=O) groups excluding carboxylic acids is 1. The number of para-hydroxylation sites is 1. The van der Waals surface area contributed by atoms with Crippen molar-refractivity contribution in [2.24, 2.45) is 0 Å². The molecule has 0 aliphatic carbocycles. The topological polar surface area (TPSA) is 26.3 Å². The number of rotatable bonds is 4. The summed E-state index contributed by atoms with van der Waals surface area (Å²) in [5, 5.41) is 0. The quantitative estimate of drug-likeness (QED) is 0.595. The third kappa shape index (κ3) is 2.66. The Morgan fingerprint density at radius 1 is 1.00 bits per heavy atom. The van der Waals surface area contributed by atoms with E-state index in [9.17, 15) is 4.79 Å². The summed E-state index contributed by atoms with van der Waals surface area (Å²) in [6.07, 6.45) is 2.69. The van der Waals surface area contributed by atoms with Crippen LogP contribution >= 0.6 is 0 Å². The molecular weight excluding hydrogens is 224 g/mol. The number of aldehydes is 1. The smallest absolute Gasteiger partial charge is 0.153 e. The minimum atomic E-state index is 0.549. The molecule has 2 rings (SSSR count). The molecule has 0 saturated heterocycles. The van der Waals surface area contributed by atoms with E-state index in [1.807, 2.05) is 55.5 Å². The van der Waals surface area contributed by atoms with Crippen LogP contribution < -0.4 is 4.74 Å². The second-order valence-electron chi connectivity index (χ2n) is 3.78. The monoisotopic (exact) mass is 238 g/mol. The molecule has 0 amide bonds. The molecule has 0 aromatic heterocycles. The molecule has 0 atom stereocenters. The van der Waals surface area contributed by atoms with Crippen molar-refractivity contribution in [2.75, 3.05) is 0 Å². The normalized spacial score (nSPS) is 11.1. The largest absolute Gasteiger partial charge is 0.456 e. The van der Waals surface area contributed by atoms with Gasteiger partial charge in [0.1, 0.15) is 11.5 Å². The molecule has 0 radical (unpaired) electrons. The van der Waals surface area contributed by atoms with Crippen molar-refractivity contribution < 1.29 is 9.53 Å². The standard InChI is InChI=1S/C16H14O2/c1-2-15(13-8-4-3-5-9-13)18-16-11-7-6-10-14(16)12-17/h2-12H,1H3/b15-2+. The van der Waals surface area contributed by atoms with E-state index in [-0.39, 0.29) is 0 Å². The van der Waals surface area contributed by atoms with Crippen LogP contribution in [-0.4, -0.2) is 6.29 Å². The minimum absolute atomic E-state index is 0.549. The Bertz CT molecular complexity index is 556. The SMILES string of the molecule is C/C=C(/Oc1ccccc1C=O)c1ccccc1. The fourth-order valence-electron chi connectivity index (χ4n) is 1.68. The summed E-state index contributed by atoms with van der Waals surface area (Å²) in [5.41, 5.74) is 1.54. The molecule has 18 heavy (non-hydrogen) atoms. The number of carbonyl (C=O) groups is 1. The number of hydrogen-bond donors (Lipinski definition) is 0. The molecule has 2 nitrogen and oxygen atoms in total. The van der Waals surface area contributed by atoms with Crippen LogP contribution in [0.1, 0.15) is 22.8 Å². The second kappa shape index (κ2) is 5.82. The fraction of sp³-hybridized carbons (Fsp3) is 0.0625. The molecule has 0 saturated carbocycles. The zero-order chi connectivity index (χ0) is 12.8. The first-order valence-electron chi connectivity index (χ1n) is 5.79. The van der Waals surface area contributed by atoms with Crippen LogP contribution in [0.3, 0.4) is 0 Å². The molecule has 0 fully saturated rings. The number of hydrogen-bond acceptors (Lipinski definition) is 2. The van der Waals surface area contributed by atoms with E-state index in [1.54, 1.807) is 12.1 Å². The van der Waals surface area contributed by atoms with Gasteiger partial charge in [-0.15, -0.1) is 0 Å². The van der Waals surface area contributed by atoms with Crippen LogP contribution in [0.15, 0.2) is 60.7 Å². The van der Waals surface area contributed by atoms with Gasteiger partial charge in [0.05, 0.1) is 5.56 Å². The van der Waals surface area contributed by atoms with Crippen LogP contribution in [0, 0.1) is 0 Å². The van der Waals surface area contributed by atoms with Gasteiger partial charge in [-0.1, -0.05) is 42.5 Å². The molecule has 0 spiro atoms. The number of ether oxygens (including phenoxy) is 1. The molecule has 0 aliphatic rings. The predicted molar refractivity (Wildman–Crippen MR) is 72.6 cm³/mol. The van der Waals surface area contributed by atoms with Gasteiger partial charge in [0.25, 0.3) is 0 Å². The molecule has 0 N–H and O–H groups in total. The van der Waals surface area contributed by atoms with Crippen molar-refractivity contribution in [3.05, 3.63) is 71.8 Å². The average molecular weight is 238 g/mol. The first-order chi connectivity index (χ1) is 8.85. The maximum Gasteiger partial charge on any atom is 0.153 e. The molecule has 0 heterocycles. The maximum atomic E-state index is 10.9. The van der Waals surface area contributed by atoms with Crippen molar-refractivity contribution in [2.45, 2.75) is 6.92 Å². The fourth-order valence-corrected chi connectivity index (χ4v) is 1.68. The molecule has 2 heteroatoms. The molecular formula is C16H14O2. The van der Waals surface area contributed by atoms with E-state index in [2.05, 4.69) is 0 Å². The lowest BCUT2D eigenvalue weighted by atomic mass is 10.1. The predicted octanol–water partition coefficient (Wildman–Crippen LogP) is 3.94. The van der Waals surface area contributed by atoms with E-state index in [0.717, 1.165) is 17.6 Å². The van der Waals surface area contributed by atoms with Crippen molar-refractivity contribution in [1.82, 2.24) is 0 Å². The molecule has 0 bridgehead atoms.